The van der Waals surface area contributed by atoms with E-state index in [0.29, 0.717) is 12.5 Å². The van der Waals surface area contributed by atoms with Crippen LogP contribution >= 0.6 is 0 Å². The van der Waals surface area contributed by atoms with E-state index in [4.69, 9.17) is 9.84 Å². The number of rotatable bonds is 3. The molecule has 4 heteroatoms. The highest BCUT2D eigenvalue weighted by molar-refractivity contribution is 5.89. The zero-order valence-electron chi connectivity index (χ0n) is 10.1. The standard InChI is InChI=1S/C13H17NO3/c1-9(2)10-4-3-5-11(6-10)14-7-12(8-15)17-13(14)16/h3-6,9,12,15H,7-8H2,1-2H3. The second-order valence-corrected chi connectivity index (χ2v) is 4.55. The number of benzene rings is 1. The van der Waals surface area contributed by atoms with Gasteiger partial charge >= 0.3 is 6.09 Å². The summed E-state index contributed by atoms with van der Waals surface area (Å²) in [7, 11) is 0. The molecule has 1 aromatic rings. The first-order valence-electron chi connectivity index (χ1n) is 5.80. The molecule has 0 saturated carbocycles. The summed E-state index contributed by atoms with van der Waals surface area (Å²) in [6, 6.07) is 7.85. The van der Waals surface area contributed by atoms with E-state index in [-0.39, 0.29) is 12.7 Å². The summed E-state index contributed by atoms with van der Waals surface area (Å²) in [5.41, 5.74) is 2.01. The van der Waals surface area contributed by atoms with Gasteiger partial charge in [-0.15, -0.1) is 0 Å². The van der Waals surface area contributed by atoms with Crippen LogP contribution in [0.15, 0.2) is 24.3 Å². The third kappa shape index (κ3) is 2.42. The van der Waals surface area contributed by atoms with Gasteiger partial charge in [-0.3, -0.25) is 4.90 Å². The van der Waals surface area contributed by atoms with Crippen molar-refractivity contribution in [1.29, 1.82) is 0 Å². The lowest BCUT2D eigenvalue weighted by atomic mass is 10.0. The molecule has 0 aromatic heterocycles. The first-order chi connectivity index (χ1) is 8.11. The summed E-state index contributed by atoms with van der Waals surface area (Å²) in [4.78, 5) is 13.2. The number of carbonyl (C=O) groups excluding carboxylic acids is 1. The van der Waals surface area contributed by atoms with Crippen LogP contribution in [0.5, 0.6) is 0 Å². The molecule has 1 amide bonds. The van der Waals surface area contributed by atoms with E-state index in [1.165, 1.54) is 5.56 Å². The number of nitrogens with zero attached hydrogens (tertiary/aromatic N) is 1. The predicted molar refractivity (Wildman–Crippen MR) is 65.2 cm³/mol. The minimum Gasteiger partial charge on any atom is -0.441 e. The molecule has 0 bridgehead atoms. The lowest BCUT2D eigenvalue weighted by Gasteiger charge is -2.15. The summed E-state index contributed by atoms with van der Waals surface area (Å²) in [5.74, 6) is 0.419. The molecule has 1 fully saturated rings. The Kier molecular flexibility index (Phi) is 3.33. The maximum absolute atomic E-state index is 11.6. The van der Waals surface area contributed by atoms with Crippen LogP contribution in [0, 0.1) is 0 Å². The van der Waals surface area contributed by atoms with Crippen molar-refractivity contribution in [2.45, 2.75) is 25.9 Å². The Labute approximate surface area is 101 Å². The number of hydrogen-bond donors (Lipinski definition) is 1. The van der Waals surface area contributed by atoms with E-state index in [0.717, 1.165) is 5.69 Å². The van der Waals surface area contributed by atoms with Gasteiger partial charge in [-0.05, 0) is 23.6 Å². The molecule has 2 rings (SSSR count). The van der Waals surface area contributed by atoms with Crippen LogP contribution in [0.4, 0.5) is 10.5 Å². The summed E-state index contributed by atoms with van der Waals surface area (Å²) in [6.07, 6.45) is -0.796. The molecular formula is C13H17NO3. The van der Waals surface area contributed by atoms with Gasteiger partial charge in [0.1, 0.15) is 6.10 Å². The van der Waals surface area contributed by atoms with Gasteiger partial charge in [0.25, 0.3) is 0 Å². The quantitative estimate of drug-likeness (QED) is 0.873. The van der Waals surface area contributed by atoms with E-state index in [1.54, 1.807) is 4.90 Å². The van der Waals surface area contributed by atoms with Crippen molar-refractivity contribution >= 4 is 11.8 Å². The zero-order chi connectivity index (χ0) is 12.4. The first kappa shape index (κ1) is 11.9. The summed E-state index contributed by atoms with van der Waals surface area (Å²) >= 11 is 0. The molecule has 17 heavy (non-hydrogen) atoms. The van der Waals surface area contributed by atoms with E-state index < -0.39 is 6.10 Å². The van der Waals surface area contributed by atoms with Crippen molar-refractivity contribution in [1.82, 2.24) is 0 Å². The molecule has 0 spiro atoms. The molecule has 1 aliphatic heterocycles. The van der Waals surface area contributed by atoms with E-state index in [2.05, 4.69) is 13.8 Å². The van der Waals surface area contributed by atoms with Gasteiger partial charge in [0.2, 0.25) is 0 Å². The Bertz CT molecular complexity index is 417. The molecule has 1 aliphatic rings. The fourth-order valence-electron chi connectivity index (χ4n) is 1.88. The van der Waals surface area contributed by atoms with E-state index in [9.17, 15) is 4.79 Å². The summed E-state index contributed by atoms with van der Waals surface area (Å²) in [5, 5.41) is 8.99. The third-order valence-electron chi connectivity index (χ3n) is 2.93. The van der Waals surface area contributed by atoms with Gasteiger partial charge in [-0.1, -0.05) is 26.0 Å². The van der Waals surface area contributed by atoms with Gasteiger partial charge in [0.15, 0.2) is 0 Å². The molecule has 1 saturated heterocycles. The van der Waals surface area contributed by atoms with Crippen LogP contribution < -0.4 is 4.90 Å². The van der Waals surface area contributed by atoms with Crippen LogP contribution in [0.2, 0.25) is 0 Å². The molecule has 0 aliphatic carbocycles. The van der Waals surface area contributed by atoms with Crippen molar-refractivity contribution in [2.24, 2.45) is 0 Å². The number of aliphatic hydroxyl groups excluding tert-OH is 1. The SMILES string of the molecule is CC(C)c1cccc(N2CC(CO)OC2=O)c1. The van der Waals surface area contributed by atoms with E-state index in [1.807, 2.05) is 24.3 Å². The fraction of sp³-hybridized carbons (Fsp3) is 0.462. The molecule has 0 radical (unpaired) electrons. The first-order valence-corrected chi connectivity index (χ1v) is 5.80. The van der Waals surface area contributed by atoms with Crippen LogP contribution in [-0.2, 0) is 4.74 Å². The maximum atomic E-state index is 11.6. The highest BCUT2D eigenvalue weighted by Gasteiger charge is 2.31. The minimum absolute atomic E-state index is 0.133. The minimum atomic E-state index is -0.412. The number of cyclic esters (lactones) is 1. The molecular weight excluding hydrogens is 218 g/mol. The highest BCUT2D eigenvalue weighted by atomic mass is 16.6. The number of anilines is 1. The topological polar surface area (TPSA) is 49.8 Å². The van der Waals surface area contributed by atoms with Gasteiger partial charge in [0.05, 0.1) is 13.2 Å². The van der Waals surface area contributed by atoms with Crippen molar-refractivity contribution < 1.29 is 14.6 Å². The lowest BCUT2D eigenvalue weighted by Crippen LogP contribution is -2.25. The average Bonchev–Trinajstić information content (AvgIpc) is 2.71. The summed E-state index contributed by atoms with van der Waals surface area (Å²) < 4.78 is 5.01. The smallest absolute Gasteiger partial charge is 0.414 e. The van der Waals surface area contributed by atoms with Gasteiger partial charge in [0, 0.05) is 5.69 Å². The number of ether oxygens (including phenoxy) is 1. The molecule has 92 valence electrons. The number of hydrogen-bond acceptors (Lipinski definition) is 3. The molecule has 4 nitrogen and oxygen atoms in total. The van der Waals surface area contributed by atoms with Crippen LogP contribution in [-0.4, -0.2) is 30.5 Å². The number of carbonyl (C=O) groups is 1. The molecule has 1 aromatic carbocycles. The second kappa shape index (κ2) is 4.75. The highest BCUT2D eigenvalue weighted by Crippen LogP contribution is 2.25. The molecule has 1 unspecified atom stereocenters. The predicted octanol–water partition coefficient (Wildman–Crippen LogP) is 2.13. The lowest BCUT2D eigenvalue weighted by molar-refractivity contribution is 0.0963. The van der Waals surface area contributed by atoms with Gasteiger partial charge < -0.3 is 9.84 Å². The van der Waals surface area contributed by atoms with Crippen molar-refractivity contribution in [3.05, 3.63) is 29.8 Å². The molecule has 1 atom stereocenters. The normalized spacial score (nSPS) is 19.9. The zero-order valence-corrected chi connectivity index (χ0v) is 10.1. The van der Waals surface area contributed by atoms with Crippen molar-refractivity contribution in [3.8, 4) is 0 Å². The summed E-state index contributed by atoms with van der Waals surface area (Å²) in [6.45, 7) is 4.50. The fourth-order valence-corrected chi connectivity index (χ4v) is 1.88. The largest absolute Gasteiger partial charge is 0.441 e. The number of aliphatic hydroxyl groups is 1. The number of amides is 1. The van der Waals surface area contributed by atoms with Crippen molar-refractivity contribution in [3.63, 3.8) is 0 Å². The third-order valence-corrected chi connectivity index (χ3v) is 2.93. The van der Waals surface area contributed by atoms with Gasteiger partial charge in [-0.25, -0.2) is 4.79 Å². The Morgan fingerprint density at radius 1 is 1.53 bits per heavy atom. The Morgan fingerprint density at radius 3 is 2.88 bits per heavy atom. The second-order valence-electron chi connectivity index (χ2n) is 4.55. The van der Waals surface area contributed by atoms with Crippen LogP contribution in [0.25, 0.3) is 0 Å². The average molecular weight is 235 g/mol. The Balaban J connectivity index is 2.22. The Hall–Kier alpha value is -1.55. The van der Waals surface area contributed by atoms with Crippen molar-refractivity contribution in [2.75, 3.05) is 18.1 Å². The van der Waals surface area contributed by atoms with Crippen LogP contribution in [0.3, 0.4) is 0 Å². The van der Waals surface area contributed by atoms with Gasteiger partial charge in [-0.2, -0.15) is 0 Å². The van der Waals surface area contributed by atoms with E-state index >= 15 is 0 Å². The Morgan fingerprint density at radius 2 is 2.29 bits per heavy atom. The monoisotopic (exact) mass is 235 g/mol. The molecule has 1 N–H and O–H groups in total. The molecule has 1 heterocycles. The maximum Gasteiger partial charge on any atom is 0.414 e. The van der Waals surface area contributed by atoms with Crippen LogP contribution in [0.1, 0.15) is 25.3 Å².